The maximum Gasteiger partial charge on any atom is 0.255 e. The Kier molecular flexibility index (Phi) is 25.8. The Balaban J connectivity index is 0.000000403. The van der Waals surface area contributed by atoms with Crippen LogP contribution in [-0.4, -0.2) is 12.1 Å². The third-order valence-electron chi connectivity index (χ3n) is 19.3. The number of hydrogen-bond donors (Lipinski definition) is 0. The van der Waals surface area contributed by atoms with E-state index in [4.69, 9.17) is 0 Å². The predicted molar refractivity (Wildman–Crippen MR) is 294 cm³/mol. The molecule has 0 aliphatic heterocycles. The van der Waals surface area contributed by atoms with Crippen LogP contribution >= 0.6 is 0 Å². The van der Waals surface area contributed by atoms with E-state index in [9.17, 15) is 13.2 Å². The van der Waals surface area contributed by atoms with E-state index in [1.165, 1.54) is 19.3 Å². The first kappa shape index (κ1) is 64.8. The van der Waals surface area contributed by atoms with Crippen molar-refractivity contribution in [1.82, 2.24) is 0 Å². The highest BCUT2D eigenvalue weighted by Crippen LogP contribution is 2.65. The van der Waals surface area contributed by atoms with Gasteiger partial charge in [0.25, 0.3) is 5.92 Å². The van der Waals surface area contributed by atoms with Crippen molar-refractivity contribution in [2.24, 2.45) is 171 Å². The molecule has 0 spiro atoms. The summed E-state index contributed by atoms with van der Waals surface area (Å²) < 4.78 is 38.9. The van der Waals surface area contributed by atoms with E-state index in [0.29, 0.717) is 29.1 Å². The van der Waals surface area contributed by atoms with Crippen LogP contribution in [0.25, 0.3) is 0 Å². The van der Waals surface area contributed by atoms with E-state index in [1.807, 2.05) is 27.7 Å². The van der Waals surface area contributed by atoms with Gasteiger partial charge in [0.1, 0.15) is 6.17 Å². The highest BCUT2D eigenvalue weighted by atomic mass is 19.3. The molecule has 0 aromatic rings. The molecule has 0 aromatic carbocycles. The maximum atomic E-state index is 13.0. The van der Waals surface area contributed by atoms with E-state index in [0.717, 1.165) is 118 Å². The Bertz CT molecular complexity index is 1190. The van der Waals surface area contributed by atoms with Gasteiger partial charge in [-0.1, -0.05) is 227 Å². The highest BCUT2D eigenvalue weighted by Gasteiger charge is 2.69. The first-order chi connectivity index (χ1) is 30.5. The Hall–Kier alpha value is -0.210. The zero-order valence-corrected chi connectivity index (χ0v) is 51.0. The minimum absolute atomic E-state index is 0.123. The monoisotopic (exact) mass is 951 g/mol. The molecule has 0 amide bonds. The smallest absolute Gasteiger partial charge is 0.247 e. The third-order valence-corrected chi connectivity index (χ3v) is 19.3. The lowest BCUT2D eigenvalue weighted by molar-refractivity contribution is 0.0706. The van der Waals surface area contributed by atoms with Gasteiger partial charge in [-0.15, -0.1) is 0 Å². The molecule has 0 bridgehead atoms. The van der Waals surface area contributed by atoms with Crippen LogP contribution in [0, 0.1) is 171 Å². The second-order valence-corrected chi connectivity index (χ2v) is 28.7. The van der Waals surface area contributed by atoms with Crippen molar-refractivity contribution in [3.05, 3.63) is 0 Å². The van der Waals surface area contributed by atoms with Gasteiger partial charge < -0.3 is 0 Å². The SMILES string of the molecule is CC(C)C1C(C(C)C)C1(C)C.CC(C)C1C(C(C)C)C1(F)F.CC(C)C1C(C)C1C(C)C.CC(C)C1C(F)C1C(C)C.CCC(CC)C1C(C(C)C)C1C(C)C.CCC1C(C(C)C)C1C(C)C. The molecule has 67 heavy (non-hydrogen) atoms. The van der Waals surface area contributed by atoms with Crippen molar-refractivity contribution in [1.29, 1.82) is 0 Å². The molecule has 0 N–H and O–H groups in total. The fraction of sp³-hybridized carbons (Fsp3) is 1.00. The van der Waals surface area contributed by atoms with Crippen molar-refractivity contribution in [2.45, 2.75) is 239 Å². The molecular formula is C64H125F3. The Morgan fingerprint density at radius 1 is 0.343 bits per heavy atom. The van der Waals surface area contributed by atoms with Crippen LogP contribution in [0.4, 0.5) is 13.2 Å². The second kappa shape index (κ2) is 26.7. The fourth-order valence-corrected chi connectivity index (χ4v) is 16.4. The van der Waals surface area contributed by atoms with E-state index in [1.54, 1.807) is 0 Å². The molecule has 12 unspecified atom stereocenters. The normalized spacial score (nSPS) is 35.9. The summed E-state index contributed by atoms with van der Waals surface area (Å²) in [5, 5.41) is 0. The lowest BCUT2D eigenvalue weighted by Gasteiger charge is -2.13. The first-order valence-electron chi connectivity index (χ1n) is 29.5. The number of halogens is 3. The molecule has 12 atom stereocenters. The fourth-order valence-electron chi connectivity index (χ4n) is 16.4. The highest BCUT2D eigenvalue weighted by molar-refractivity contribution is 5.08. The van der Waals surface area contributed by atoms with Gasteiger partial charge in [0.2, 0.25) is 0 Å². The van der Waals surface area contributed by atoms with Crippen LogP contribution in [0.15, 0.2) is 0 Å². The summed E-state index contributed by atoms with van der Waals surface area (Å²) in [6.45, 7) is 68.2. The lowest BCUT2D eigenvalue weighted by atomic mass is 9.92. The van der Waals surface area contributed by atoms with Crippen LogP contribution in [-0.2, 0) is 0 Å². The van der Waals surface area contributed by atoms with Crippen molar-refractivity contribution in [3.8, 4) is 0 Å². The Morgan fingerprint density at radius 3 is 0.716 bits per heavy atom. The third kappa shape index (κ3) is 16.9. The van der Waals surface area contributed by atoms with E-state index in [2.05, 4.69) is 180 Å². The molecule has 0 aromatic heterocycles. The van der Waals surface area contributed by atoms with Crippen molar-refractivity contribution < 1.29 is 13.2 Å². The summed E-state index contributed by atoms with van der Waals surface area (Å²) in [4.78, 5) is 0. The van der Waals surface area contributed by atoms with Crippen molar-refractivity contribution in [2.75, 3.05) is 0 Å². The van der Waals surface area contributed by atoms with E-state index in [-0.39, 0.29) is 23.7 Å². The molecule has 0 saturated heterocycles. The molecule has 3 heteroatoms. The largest absolute Gasteiger partial charge is 0.255 e. The molecule has 0 radical (unpaired) electrons. The van der Waals surface area contributed by atoms with Gasteiger partial charge in [0, 0.05) is 11.8 Å². The van der Waals surface area contributed by atoms with Gasteiger partial charge in [0.05, 0.1) is 0 Å². The van der Waals surface area contributed by atoms with Gasteiger partial charge in [-0.05, 0) is 159 Å². The summed E-state index contributed by atoms with van der Waals surface area (Å²) in [5.74, 6) is 18.3. The predicted octanol–water partition coefficient (Wildman–Crippen LogP) is 21.0. The zero-order chi connectivity index (χ0) is 52.9. The van der Waals surface area contributed by atoms with Crippen molar-refractivity contribution in [3.63, 3.8) is 0 Å². The molecular weight excluding hydrogens is 826 g/mol. The molecule has 0 heterocycles. The molecule has 402 valence electrons. The van der Waals surface area contributed by atoms with Gasteiger partial charge in [-0.25, -0.2) is 13.2 Å². The molecule has 6 fully saturated rings. The number of rotatable bonds is 16. The molecule has 6 saturated carbocycles. The molecule has 6 rings (SSSR count). The van der Waals surface area contributed by atoms with E-state index >= 15 is 0 Å². The second-order valence-electron chi connectivity index (χ2n) is 28.7. The van der Waals surface area contributed by atoms with Crippen LogP contribution in [0.5, 0.6) is 0 Å². The van der Waals surface area contributed by atoms with E-state index < -0.39 is 12.1 Å². The standard InChI is InChI=1S/C14H28.2C11H22.C10H20.C9H16F2.C9H17F/c1-7-11(8-2)14-12(9(3)4)13(14)10(5)6;1-7(2)9-10(8(3)4)11(9,5)6;1-6-9-10(7(2)3)11(9)8(4)5;1-6(2)9-8(5)10(9)7(3)4;1-5(2)7-8(6(3)4)9(7,10)11;1-5(2)7-8(6(3)4)9(7)10/h9-14H,7-8H2,1-6H3;7-10H,1-6H3;7-11H,6H2,1-5H3;6-10H,1-5H3;5-8H,1-4H3;5-9H,1-4H3. The first-order valence-corrected chi connectivity index (χ1v) is 29.5. The van der Waals surface area contributed by atoms with Crippen LogP contribution < -0.4 is 0 Å². The summed E-state index contributed by atoms with van der Waals surface area (Å²) in [6.07, 6.45) is 3.66. The van der Waals surface area contributed by atoms with Gasteiger partial charge in [0.15, 0.2) is 0 Å². The molecule has 6 aliphatic rings. The summed E-state index contributed by atoms with van der Waals surface area (Å²) in [7, 11) is 0. The minimum Gasteiger partial charge on any atom is -0.247 e. The molecule has 0 nitrogen and oxygen atoms in total. The zero-order valence-electron chi connectivity index (χ0n) is 51.0. The average Bonchev–Trinajstić information content (AvgIpc) is 3.92. The lowest BCUT2D eigenvalue weighted by Crippen LogP contribution is -2.04. The number of alkyl halides is 3. The van der Waals surface area contributed by atoms with Gasteiger partial charge in [-0.3, -0.25) is 0 Å². The van der Waals surface area contributed by atoms with Crippen LogP contribution in [0.3, 0.4) is 0 Å². The Labute approximate surface area is 421 Å². The van der Waals surface area contributed by atoms with Gasteiger partial charge in [-0.2, -0.15) is 0 Å². The number of hydrogen-bond acceptors (Lipinski definition) is 0. The van der Waals surface area contributed by atoms with Crippen molar-refractivity contribution >= 4 is 0 Å². The summed E-state index contributed by atoms with van der Waals surface area (Å²) in [5.41, 5.74) is 0.627. The quantitative estimate of drug-likeness (QED) is 0.145. The Morgan fingerprint density at radius 2 is 0.597 bits per heavy atom. The average molecular weight is 952 g/mol. The van der Waals surface area contributed by atoms with Crippen LogP contribution in [0.1, 0.15) is 227 Å². The maximum absolute atomic E-state index is 13.0. The topological polar surface area (TPSA) is 0 Å². The summed E-state index contributed by atoms with van der Waals surface area (Å²) >= 11 is 0. The summed E-state index contributed by atoms with van der Waals surface area (Å²) in [6, 6.07) is 0. The molecule has 6 aliphatic carbocycles. The minimum atomic E-state index is -2.37. The van der Waals surface area contributed by atoms with Gasteiger partial charge >= 0.3 is 0 Å². The van der Waals surface area contributed by atoms with Crippen LogP contribution in [0.2, 0.25) is 0 Å².